The summed E-state index contributed by atoms with van der Waals surface area (Å²) in [4.78, 5) is 16.1. The number of benzene rings is 3. The van der Waals surface area contributed by atoms with Gasteiger partial charge in [0.25, 0.3) is 0 Å². The Morgan fingerprint density at radius 1 is 0.944 bits per heavy atom. The van der Waals surface area contributed by atoms with Crippen LogP contribution >= 0.6 is 0 Å². The van der Waals surface area contributed by atoms with E-state index in [1.54, 1.807) is 25.1 Å². The molecule has 2 unspecified atom stereocenters. The molecule has 0 radical (unpaired) electrons. The zero-order chi connectivity index (χ0) is 26.0. The summed E-state index contributed by atoms with van der Waals surface area (Å²) in [7, 11) is 0. The molecule has 186 valence electrons. The lowest BCUT2D eigenvalue weighted by molar-refractivity contribution is -0.138. The van der Waals surface area contributed by atoms with Crippen LogP contribution in [0.4, 0.5) is 4.39 Å². The molecule has 6 heteroatoms. The number of aryl methyl sites for hydroxylation is 1. The maximum absolute atomic E-state index is 13.6. The highest BCUT2D eigenvalue weighted by atomic mass is 19.1. The van der Waals surface area contributed by atoms with E-state index in [1.165, 1.54) is 12.1 Å². The molecule has 2 atom stereocenters. The fraction of sp³-hybridized carbons (Fsp3) is 0.267. The average Bonchev–Trinajstić information content (AvgIpc) is 3.30. The van der Waals surface area contributed by atoms with E-state index >= 15 is 0 Å². The van der Waals surface area contributed by atoms with Crippen LogP contribution in [0.3, 0.4) is 0 Å². The van der Waals surface area contributed by atoms with Gasteiger partial charge in [0.1, 0.15) is 11.6 Å². The van der Waals surface area contributed by atoms with Gasteiger partial charge in [-0.2, -0.15) is 0 Å². The summed E-state index contributed by atoms with van der Waals surface area (Å²) in [5.74, 6) is 0.175. The number of hydrogen-bond acceptors (Lipinski definition) is 4. The number of carboxylic acids is 1. The van der Waals surface area contributed by atoms with Crippen molar-refractivity contribution >= 4 is 5.97 Å². The number of oxazole rings is 1. The van der Waals surface area contributed by atoms with Crippen molar-refractivity contribution in [3.8, 4) is 28.3 Å². The van der Waals surface area contributed by atoms with Gasteiger partial charge < -0.3 is 14.3 Å². The summed E-state index contributed by atoms with van der Waals surface area (Å²) in [6.07, 6.45) is -0.405. The Morgan fingerprint density at radius 3 is 2.25 bits per heavy atom. The number of halogens is 1. The molecule has 5 nitrogen and oxygen atoms in total. The van der Waals surface area contributed by atoms with Crippen molar-refractivity contribution in [2.45, 2.75) is 52.6 Å². The van der Waals surface area contributed by atoms with Crippen molar-refractivity contribution in [1.82, 2.24) is 4.98 Å². The molecule has 0 fully saturated rings. The lowest BCUT2D eigenvalue weighted by atomic mass is 9.96. The van der Waals surface area contributed by atoms with Crippen LogP contribution in [0.2, 0.25) is 0 Å². The smallest absolute Gasteiger partial charge is 0.310 e. The summed E-state index contributed by atoms with van der Waals surface area (Å²) in [6.45, 7) is 9.57. The predicted octanol–water partition coefficient (Wildman–Crippen LogP) is 7.91. The normalized spacial score (nSPS) is 13.0. The van der Waals surface area contributed by atoms with E-state index < -0.39 is 18.0 Å². The predicted molar refractivity (Wildman–Crippen MR) is 138 cm³/mol. The molecular formula is C30H30FNO4. The van der Waals surface area contributed by atoms with Crippen molar-refractivity contribution in [2.75, 3.05) is 0 Å². The molecule has 1 N–H and O–H groups in total. The molecule has 0 aliphatic rings. The van der Waals surface area contributed by atoms with Crippen LogP contribution in [0, 0.1) is 12.7 Å². The highest BCUT2D eigenvalue weighted by Crippen LogP contribution is 2.34. The van der Waals surface area contributed by atoms with Gasteiger partial charge in [0.05, 0.1) is 11.6 Å². The zero-order valence-electron chi connectivity index (χ0n) is 21.1. The first-order chi connectivity index (χ1) is 17.1. The monoisotopic (exact) mass is 487 g/mol. The molecule has 0 bridgehead atoms. The number of hydrogen-bond donors (Lipinski definition) is 1. The number of ether oxygens (including phenoxy) is 1. The first-order valence-corrected chi connectivity index (χ1v) is 12.0. The topological polar surface area (TPSA) is 72.6 Å². The lowest BCUT2D eigenvalue weighted by Crippen LogP contribution is -2.10. The van der Waals surface area contributed by atoms with Crippen molar-refractivity contribution < 1.29 is 23.4 Å². The van der Waals surface area contributed by atoms with Gasteiger partial charge in [0, 0.05) is 5.56 Å². The lowest BCUT2D eigenvalue weighted by Gasteiger charge is -2.17. The minimum atomic E-state index is -0.861. The van der Waals surface area contributed by atoms with E-state index in [9.17, 15) is 14.3 Å². The summed E-state index contributed by atoms with van der Waals surface area (Å²) in [6, 6.07) is 19.6. The van der Waals surface area contributed by atoms with Gasteiger partial charge in [0.15, 0.2) is 11.9 Å². The average molecular weight is 488 g/mol. The third-order valence-corrected chi connectivity index (χ3v) is 6.28. The summed E-state index contributed by atoms with van der Waals surface area (Å²) < 4.78 is 26.0. The molecule has 0 saturated carbocycles. The number of carbonyl (C=O) groups is 1. The number of nitrogens with zero attached hydrogens (tertiary/aromatic N) is 1. The first kappa shape index (κ1) is 25.2. The van der Waals surface area contributed by atoms with Crippen LogP contribution in [0.1, 0.15) is 68.2 Å². The summed E-state index contributed by atoms with van der Waals surface area (Å²) in [5.41, 5.74) is 4.96. The van der Waals surface area contributed by atoms with E-state index in [0.29, 0.717) is 17.4 Å². The zero-order valence-corrected chi connectivity index (χ0v) is 21.1. The molecule has 3 aromatic carbocycles. The molecule has 0 amide bonds. The molecular weight excluding hydrogens is 457 g/mol. The number of aliphatic carboxylic acids is 1. The quantitative estimate of drug-likeness (QED) is 0.273. The van der Waals surface area contributed by atoms with Crippen molar-refractivity contribution in [1.29, 1.82) is 0 Å². The Kier molecular flexibility index (Phi) is 7.25. The molecule has 4 aromatic rings. The molecule has 0 aliphatic heterocycles. The highest BCUT2D eigenvalue weighted by molar-refractivity contribution is 5.76. The van der Waals surface area contributed by atoms with E-state index in [4.69, 9.17) is 14.1 Å². The van der Waals surface area contributed by atoms with Crippen LogP contribution in [0.25, 0.3) is 22.6 Å². The molecule has 4 rings (SSSR count). The van der Waals surface area contributed by atoms with Gasteiger partial charge in [-0.05, 0) is 85.3 Å². The second-order valence-electron chi connectivity index (χ2n) is 9.35. The fourth-order valence-corrected chi connectivity index (χ4v) is 4.24. The fourth-order valence-electron chi connectivity index (χ4n) is 4.24. The minimum Gasteiger partial charge on any atom is -0.483 e. The van der Waals surface area contributed by atoms with Crippen molar-refractivity contribution in [2.24, 2.45) is 0 Å². The Bertz CT molecular complexity index is 1370. The van der Waals surface area contributed by atoms with E-state index in [1.807, 2.05) is 50.2 Å². The van der Waals surface area contributed by atoms with Gasteiger partial charge in [-0.3, -0.25) is 4.79 Å². The summed E-state index contributed by atoms with van der Waals surface area (Å²) in [5, 5.41) is 9.32. The molecule has 0 aliphatic carbocycles. The van der Waals surface area contributed by atoms with E-state index in [-0.39, 0.29) is 11.7 Å². The van der Waals surface area contributed by atoms with Gasteiger partial charge in [0.2, 0.25) is 5.89 Å². The van der Waals surface area contributed by atoms with Crippen LogP contribution in [0.15, 0.2) is 71.1 Å². The maximum atomic E-state index is 13.6. The second-order valence-corrected chi connectivity index (χ2v) is 9.35. The first-order valence-electron chi connectivity index (χ1n) is 12.0. The molecule has 1 heterocycles. The van der Waals surface area contributed by atoms with Gasteiger partial charge >= 0.3 is 5.97 Å². The third-order valence-electron chi connectivity index (χ3n) is 6.28. The van der Waals surface area contributed by atoms with Crippen LogP contribution in [-0.4, -0.2) is 16.1 Å². The summed E-state index contributed by atoms with van der Waals surface area (Å²) >= 11 is 0. The SMILES string of the molecule is Cc1cc(OC(C)c2oc(-c3ccc(-c4cccc(F)c4)cc3)nc2C(C)C)ccc1C(C)C(=O)O. The molecule has 1 aromatic heterocycles. The largest absolute Gasteiger partial charge is 0.483 e. The minimum absolute atomic E-state index is 0.121. The Morgan fingerprint density at radius 2 is 1.64 bits per heavy atom. The van der Waals surface area contributed by atoms with Crippen LogP contribution in [0.5, 0.6) is 5.75 Å². The molecule has 36 heavy (non-hydrogen) atoms. The molecule has 0 saturated heterocycles. The highest BCUT2D eigenvalue weighted by Gasteiger charge is 2.24. The van der Waals surface area contributed by atoms with E-state index in [0.717, 1.165) is 33.5 Å². The molecule has 0 spiro atoms. The van der Waals surface area contributed by atoms with Gasteiger partial charge in [-0.1, -0.05) is 44.2 Å². The number of rotatable bonds is 8. The Labute approximate surface area is 210 Å². The Hall–Kier alpha value is -3.93. The van der Waals surface area contributed by atoms with Gasteiger partial charge in [-0.25, -0.2) is 9.37 Å². The third kappa shape index (κ3) is 5.33. The van der Waals surface area contributed by atoms with Crippen LogP contribution < -0.4 is 4.74 Å². The maximum Gasteiger partial charge on any atom is 0.310 e. The van der Waals surface area contributed by atoms with E-state index in [2.05, 4.69) is 13.8 Å². The Balaban J connectivity index is 1.58. The van der Waals surface area contributed by atoms with Crippen molar-refractivity contribution in [3.63, 3.8) is 0 Å². The standard InChI is InChI=1S/C30H30FNO4/c1-17(2)27-28(20(5)35-25-13-14-26(18(3)15-25)19(4)30(33)34)36-29(32-27)22-11-9-21(10-12-22)23-7-6-8-24(31)16-23/h6-17,19-20H,1-5H3,(H,33,34). The second kappa shape index (κ2) is 10.4. The van der Waals surface area contributed by atoms with Crippen LogP contribution in [-0.2, 0) is 4.79 Å². The van der Waals surface area contributed by atoms with Crippen molar-refractivity contribution in [3.05, 3.63) is 95.1 Å². The number of carboxylic acid groups (broad SMARTS) is 1. The van der Waals surface area contributed by atoms with Gasteiger partial charge in [-0.15, -0.1) is 0 Å². The number of aromatic nitrogens is 1.